The van der Waals surface area contributed by atoms with Crippen molar-refractivity contribution in [1.82, 2.24) is 5.32 Å². The van der Waals surface area contributed by atoms with Crippen LogP contribution in [0.5, 0.6) is 0 Å². The van der Waals surface area contributed by atoms with Crippen LogP contribution in [0, 0.1) is 5.41 Å². The number of rotatable bonds is 8. The molecule has 1 saturated carbocycles. The maximum absolute atomic E-state index is 5.94. The van der Waals surface area contributed by atoms with E-state index in [1.54, 1.807) is 18.4 Å². The molecule has 0 bridgehead atoms. The van der Waals surface area contributed by atoms with E-state index >= 15 is 0 Å². The molecule has 21 heavy (non-hydrogen) atoms. The molecule has 3 N–H and O–H groups in total. The van der Waals surface area contributed by atoms with Gasteiger partial charge in [0, 0.05) is 31.7 Å². The second-order valence-electron chi connectivity index (χ2n) is 5.55. The standard InChI is InChI=1S/C15H25N3OS.HI/c1-19-10-8-15(6-3-7-15)12-18-14(16)17-9-5-13-4-2-11-20-13;/h2,4,11H,3,5-10,12H2,1H3,(H3,16,17,18);1H. The van der Waals surface area contributed by atoms with Crippen molar-refractivity contribution in [3.63, 3.8) is 0 Å². The topological polar surface area (TPSA) is 59.6 Å². The summed E-state index contributed by atoms with van der Waals surface area (Å²) in [4.78, 5) is 5.90. The summed E-state index contributed by atoms with van der Waals surface area (Å²) in [6.45, 7) is 2.50. The van der Waals surface area contributed by atoms with Crippen LogP contribution in [0.3, 0.4) is 0 Å². The molecule has 0 spiro atoms. The average molecular weight is 423 g/mol. The van der Waals surface area contributed by atoms with E-state index in [1.807, 2.05) is 0 Å². The molecule has 1 aromatic heterocycles. The van der Waals surface area contributed by atoms with Gasteiger partial charge in [0.1, 0.15) is 0 Å². The molecule has 0 amide bonds. The minimum absolute atomic E-state index is 0. The van der Waals surface area contributed by atoms with Crippen LogP contribution in [0.2, 0.25) is 0 Å². The molecule has 2 rings (SSSR count). The van der Waals surface area contributed by atoms with Gasteiger partial charge in [0.25, 0.3) is 0 Å². The Morgan fingerprint density at radius 2 is 2.33 bits per heavy atom. The van der Waals surface area contributed by atoms with Crippen LogP contribution in [-0.4, -0.2) is 32.8 Å². The highest BCUT2D eigenvalue weighted by atomic mass is 127. The lowest BCUT2D eigenvalue weighted by molar-refractivity contribution is 0.0779. The molecular weight excluding hydrogens is 397 g/mol. The number of nitrogens with one attached hydrogen (secondary N) is 1. The number of methoxy groups -OCH3 is 1. The normalized spacial score (nSPS) is 16.9. The summed E-state index contributed by atoms with van der Waals surface area (Å²) in [7, 11) is 1.76. The van der Waals surface area contributed by atoms with E-state index in [0.29, 0.717) is 11.4 Å². The van der Waals surface area contributed by atoms with Crippen LogP contribution >= 0.6 is 35.3 Å². The quantitative estimate of drug-likeness (QED) is 0.384. The first kappa shape index (κ1) is 18.7. The minimum atomic E-state index is 0. The van der Waals surface area contributed by atoms with E-state index in [4.69, 9.17) is 10.5 Å². The van der Waals surface area contributed by atoms with Gasteiger partial charge in [-0.25, -0.2) is 0 Å². The van der Waals surface area contributed by atoms with Gasteiger partial charge in [-0.05, 0) is 42.5 Å². The van der Waals surface area contributed by atoms with Crippen LogP contribution in [0.15, 0.2) is 22.5 Å². The van der Waals surface area contributed by atoms with Gasteiger partial charge in [0.05, 0.1) is 0 Å². The minimum Gasteiger partial charge on any atom is -0.385 e. The Bertz CT molecular complexity index is 419. The van der Waals surface area contributed by atoms with Crippen LogP contribution in [-0.2, 0) is 11.2 Å². The molecule has 1 aliphatic carbocycles. The Morgan fingerprint density at radius 1 is 1.52 bits per heavy atom. The lowest BCUT2D eigenvalue weighted by Gasteiger charge is -2.40. The highest BCUT2D eigenvalue weighted by molar-refractivity contribution is 14.0. The van der Waals surface area contributed by atoms with Crippen molar-refractivity contribution in [2.45, 2.75) is 32.1 Å². The third-order valence-corrected chi connectivity index (χ3v) is 5.03. The molecule has 0 unspecified atom stereocenters. The summed E-state index contributed by atoms with van der Waals surface area (Å²) in [6, 6.07) is 4.22. The number of hydrogen-bond donors (Lipinski definition) is 2. The zero-order valence-electron chi connectivity index (χ0n) is 12.6. The lowest BCUT2D eigenvalue weighted by atomic mass is 9.67. The van der Waals surface area contributed by atoms with Crippen molar-refractivity contribution < 1.29 is 4.74 Å². The van der Waals surface area contributed by atoms with Gasteiger partial charge in [-0.15, -0.1) is 35.3 Å². The summed E-state index contributed by atoms with van der Waals surface area (Å²) < 4.78 is 5.19. The lowest BCUT2D eigenvalue weighted by Crippen LogP contribution is -2.38. The second-order valence-corrected chi connectivity index (χ2v) is 6.59. The Hall–Kier alpha value is -0.340. The number of halogens is 1. The van der Waals surface area contributed by atoms with Crippen molar-refractivity contribution in [3.8, 4) is 0 Å². The molecule has 1 aliphatic rings. The van der Waals surface area contributed by atoms with Crippen molar-refractivity contribution in [2.75, 3.05) is 26.8 Å². The smallest absolute Gasteiger partial charge is 0.188 e. The molecule has 0 aromatic carbocycles. The summed E-state index contributed by atoms with van der Waals surface area (Å²) in [5.74, 6) is 0.574. The monoisotopic (exact) mass is 423 g/mol. The summed E-state index contributed by atoms with van der Waals surface area (Å²) in [6.07, 6.45) is 5.91. The predicted octanol–water partition coefficient (Wildman–Crippen LogP) is 3.02. The molecule has 0 radical (unpaired) electrons. The molecular formula is C15H26IN3OS. The van der Waals surface area contributed by atoms with Crippen LogP contribution in [0.1, 0.15) is 30.6 Å². The average Bonchev–Trinajstić information content (AvgIpc) is 2.90. The fraction of sp³-hybridized carbons (Fsp3) is 0.667. The van der Waals surface area contributed by atoms with Gasteiger partial charge in [0.15, 0.2) is 5.96 Å². The molecule has 1 fully saturated rings. The number of hydrogen-bond acceptors (Lipinski definition) is 3. The molecule has 0 atom stereocenters. The highest BCUT2D eigenvalue weighted by Crippen LogP contribution is 2.44. The van der Waals surface area contributed by atoms with E-state index < -0.39 is 0 Å². The number of nitrogens with two attached hydrogens (primary N) is 1. The molecule has 6 heteroatoms. The van der Waals surface area contributed by atoms with E-state index in [-0.39, 0.29) is 24.0 Å². The van der Waals surface area contributed by atoms with Crippen molar-refractivity contribution >= 4 is 41.3 Å². The maximum atomic E-state index is 5.94. The molecule has 4 nitrogen and oxygen atoms in total. The number of guanidine groups is 1. The van der Waals surface area contributed by atoms with Gasteiger partial charge in [-0.2, -0.15) is 0 Å². The number of nitrogens with zero attached hydrogens (tertiary/aromatic N) is 1. The fourth-order valence-corrected chi connectivity index (χ4v) is 3.27. The van der Waals surface area contributed by atoms with Crippen molar-refractivity contribution in [3.05, 3.63) is 22.4 Å². The zero-order valence-corrected chi connectivity index (χ0v) is 15.8. The largest absolute Gasteiger partial charge is 0.385 e. The Morgan fingerprint density at radius 3 is 2.90 bits per heavy atom. The van der Waals surface area contributed by atoms with Gasteiger partial charge in [-0.3, -0.25) is 4.99 Å². The van der Waals surface area contributed by atoms with E-state index in [9.17, 15) is 0 Å². The second kappa shape index (κ2) is 9.63. The van der Waals surface area contributed by atoms with Gasteiger partial charge in [-0.1, -0.05) is 12.5 Å². The van der Waals surface area contributed by atoms with Crippen LogP contribution < -0.4 is 11.1 Å². The predicted molar refractivity (Wildman–Crippen MR) is 101 cm³/mol. The zero-order chi connectivity index (χ0) is 14.3. The maximum Gasteiger partial charge on any atom is 0.188 e. The Kier molecular flexibility index (Phi) is 8.58. The summed E-state index contributed by atoms with van der Waals surface area (Å²) in [5, 5.41) is 5.30. The third-order valence-electron chi connectivity index (χ3n) is 4.09. The molecule has 0 aliphatic heterocycles. The van der Waals surface area contributed by atoms with Crippen molar-refractivity contribution in [1.29, 1.82) is 0 Å². The van der Waals surface area contributed by atoms with Gasteiger partial charge >= 0.3 is 0 Å². The molecule has 1 aromatic rings. The molecule has 1 heterocycles. The van der Waals surface area contributed by atoms with Gasteiger partial charge < -0.3 is 15.8 Å². The molecule has 120 valence electrons. The summed E-state index contributed by atoms with van der Waals surface area (Å²) in [5.41, 5.74) is 6.28. The third kappa shape index (κ3) is 6.12. The number of aliphatic imine (C=N–C) groups is 1. The van der Waals surface area contributed by atoms with Gasteiger partial charge in [0.2, 0.25) is 0 Å². The Balaban J connectivity index is 0.00000220. The molecule has 0 saturated heterocycles. The van der Waals surface area contributed by atoms with Crippen LogP contribution in [0.4, 0.5) is 0 Å². The van der Waals surface area contributed by atoms with E-state index in [2.05, 4.69) is 27.8 Å². The number of ether oxygens (including phenoxy) is 1. The SMILES string of the molecule is COCCC1(CN=C(N)NCCc2cccs2)CCC1.I. The summed E-state index contributed by atoms with van der Waals surface area (Å²) >= 11 is 1.78. The fourth-order valence-electron chi connectivity index (χ4n) is 2.56. The van der Waals surface area contributed by atoms with E-state index in [0.717, 1.165) is 32.5 Å². The first-order valence-electron chi connectivity index (χ1n) is 7.29. The Labute approximate surface area is 148 Å². The highest BCUT2D eigenvalue weighted by Gasteiger charge is 2.36. The van der Waals surface area contributed by atoms with Crippen molar-refractivity contribution in [2.24, 2.45) is 16.1 Å². The number of thiophene rings is 1. The van der Waals surface area contributed by atoms with Crippen LogP contribution in [0.25, 0.3) is 0 Å². The first-order chi connectivity index (χ1) is 9.74. The van der Waals surface area contributed by atoms with E-state index in [1.165, 1.54) is 24.1 Å². The first-order valence-corrected chi connectivity index (χ1v) is 8.17.